The van der Waals surface area contributed by atoms with Crippen LogP contribution in [0.5, 0.6) is 0 Å². The first-order valence-electron chi connectivity index (χ1n) is 11.5. The van der Waals surface area contributed by atoms with Crippen LogP contribution in [-0.4, -0.2) is 51.2 Å². The highest BCUT2D eigenvalue weighted by atomic mass is 15.2. The van der Waals surface area contributed by atoms with Crippen molar-refractivity contribution in [3.8, 4) is 0 Å². The first kappa shape index (κ1) is 21.8. The lowest BCUT2D eigenvalue weighted by atomic mass is 10.0. The average Bonchev–Trinajstić information content (AvgIpc) is 3.08. The molecule has 2 aromatic heterocycles. The lowest BCUT2D eigenvalue weighted by molar-refractivity contribution is 0.194. The molecule has 0 aliphatic carbocycles. The minimum Gasteiger partial charge on any atom is -0.353 e. The van der Waals surface area contributed by atoms with Crippen molar-refractivity contribution in [1.82, 2.24) is 19.4 Å². The van der Waals surface area contributed by atoms with Gasteiger partial charge in [0, 0.05) is 37.4 Å². The Labute approximate surface area is 185 Å². The number of benzene rings is 1. The van der Waals surface area contributed by atoms with Crippen molar-refractivity contribution in [2.24, 2.45) is 11.7 Å². The molecule has 0 radical (unpaired) electrons. The third-order valence-electron chi connectivity index (χ3n) is 6.49. The average molecular weight is 421 g/mol. The number of para-hydroxylation sites is 1. The highest BCUT2D eigenvalue weighted by molar-refractivity contribution is 5.82. The highest BCUT2D eigenvalue weighted by Gasteiger charge is 2.23. The number of fused-ring (bicyclic) bond motifs is 1. The Kier molecular flexibility index (Phi) is 6.58. The van der Waals surface area contributed by atoms with Crippen LogP contribution in [0.1, 0.15) is 43.6 Å². The molecular weight excluding hydrogens is 384 g/mol. The Morgan fingerprint density at radius 3 is 2.52 bits per heavy atom. The maximum absolute atomic E-state index is 6.29. The third-order valence-corrected chi connectivity index (χ3v) is 6.49. The van der Waals surface area contributed by atoms with Gasteiger partial charge in [0.25, 0.3) is 0 Å². The molecule has 6 heteroatoms. The number of nitrogens with zero attached hydrogens (tertiary/aromatic N) is 4. The summed E-state index contributed by atoms with van der Waals surface area (Å²) >= 11 is 0. The summed E-state index contributed by atoms with van der Waals surface area (Å²) in [5.74, 6) is 1.47. The molecular formula is C25H36N6. The number of nitrogens with one attached hydrogen (secondary N) is 1. The molecule has 0 bridgehead atoms. The van der Waals surface area contributed by atoms with Gasteiger partial charge in [0.1, 0.15) is 0 Å². The van der Waals surface area contributed by atoms with Crippen LogP contribution in [-0.2, 0) is 6.54 Å². The Balaban J connectivity index is 1.52. The summed E-state index contributed by atoms with van der Waals surface area (Å²) in [6, 6.07) is 13.3. The predicted octanol–water partition coefficient (Wildman–Crippen LogP) is 3.96. The van der Waals surface area contributed by atoms with Crippen molar-refractivity contribution in [2.45, 2.75) is 59.2 Å². The van der Waals surface area contributed by atoms with Crippen LogP contribution in [0.4, 0.5) is 5.95 Å². The summed E-state index contributed by atoms with van der Waals surface area (Å²) in [6.07, 6.45) is 2.21. The zero-order valence-corrected chi connectivity index (χ0v) is 19.3. The topological polar surface area (TPSA) is 72.0 Å². The maximum atomic E-state index is 6.29. The van der Waals surface area contributed by atoms with Crippen LogP contribution in [0.25, 0.3) is 11.0 Å². The number of hydrogen-bond acceptors (Lipinski definition) is 5. The monoisotopic (exact) mass is 420 g/mol. The predicted molar refractivity (Wildman–Crippen MR) is 128 cm³/mol. The second-order valence-electron chi connectivity index (χ2n) is 9.36. The zero-order valence-electron chi connectivity index (χ0n) is 19.3. The smallest absolute Gasteiger partial charge is 0.204 e. The van der Waals surface area contributed by atoms with Gasteiger partial charge in [0.15, 0.2) is 0 Å². The third kappa shape index (κ3) is 5.08. The number of piperidine rings is 1. The van der Waals surface area contributed by atoms with Crippen molar-refractivity contribution in [3.05, 3.63) is 53.3 Å². The van der Waals surface area contributed by atoms with Crippen molar-refractivity contribution < 1.29 is 0 Å². The minimum absolute atomic E-state index is 0.249. The van der Waals surface area contributed by atoms with E-state index in [1.165, 1.54) is 5.56 Å². The van der Waals surface area contributed by atoms with Gasteiger partial charge in [-0.05, 0) is 56.4 Å². The number of nitrogens with two attached hydrogens (primary N) is 1. The molecule has 1 aliphatic rings. The van der Waals surface area contributed by atoms with E-state index in [0.29, 0.717) is 18.5 Å². The molecule has 166 valence electrons. The molecule has 1 atom stereocenters. The van der Waals surface area contributed by atoms with E-state index in [1.807, 2.05) is 13.0 Å². The van der Waals surface area contributed by atoms with Gasteiger partial charge in [-0.3, -0.25) is 4.98 Å². The van der Waals surface area contributed by atoms with Gasteiger partial charge in [-0.25, -0.2) is 4.98 Å². The van der Waals surface area contributed by atoms with Gasteiger partial charge in [0.2, 0.25) is 5.95 Å². The van der Waals surface area contributed by atoms with Gasteiger partial charge in [-0.15, -0.1) is 0 Å². The molecule has 3 N–H and O–H groups in total. The number of pyridine rings is 1. The molecule has 3 aromatic rings. The van der Waals surface area contributed by atoms with Crippen LogP contribution in [0.15, 0.2) is 36.4 Å². The fourth-order valence-electron chi connectivity index (χ4n) is 4.36. The van der Waals surface area contributed by atoms with Crippen molar-refractivity contribution in [1.29, 1.82) is 0 Å². The van der Waals surface area contributed by atoms with Crippen LogP contribution < -0.4 is 11.1 Å². The number of likely N-dealkylation sites (tertiary alicyclic amines) is 1. The lowest BCUT2D eigenvalue weighted by Crippen LogP contribution is -2.46. The first-order chi connectivity index (χ1) is 14.9. The van der Waals surface area contributed by atoms with Crippen molar-refractivity contribution in [3.63, 3.8) is 0 Å². The van der Waals surface area contributed by atoms with Gasteiger partial charge >= 0.3 is 0 Å². The van der Waals surface area contributed by atoms with E-state index in [1.54, 1.807) is 0 Å². The second kappa shape index (κ2) is 9.37. The van der Waals surface area contributed by atoms with E-state index >= 15 is 0 Å². The lowest BCUT2D eigenvalue weighted by Gasteiger charge is -2.34. The molecule has 1 saturated heterocycles. The summed E-state index contributed by atoms with van der Waals surface area (Å²) in [4.78, 5) is 12.2. The normalized spacial score (nSPS) is 16.8. The van der Waals surface area contributed by atoms with E-state index in [0.717, 1.165) is 60.8 Å². The van der Waals surface area contributed by atoms with Crippen LogP contribution in [0, 0.1) is 19.8 Å². The molecule has 1 unspecified atom stereocenters. The van der Waals surface area contributed by atoms with E-state index < -0.39 is 0 Å². The van der Waals surface area contributed by atoms with Crippen LogP contribution in [0.2, 0.25) is 0 Å². The maximum Gasteiger partial charge on any atom is 0.204 e. The Hall–Kier alpha value is -2.44. The zero-order chi connectivity index (χ0) is 22.0. The molecule has 1 aromatic carbocycles. The molecule has 6 nitrogen and oxygen atoms in total. The quantitative estimate of drug-likeness (QED) is 0.605. The molecule has 0 spiro atoms. The second-order valence-corrected chi connectivity index (χ2v) is 9.36. The van der Waals surface area contributed by atoms with E-state index in [9.17, 15) is 0 Å². The standard InChI is InChI=1S/C25H36N6/c1-17(2)22(26)16-30-13-11-20(12-14-30)28-25-29-24-18(3)7-5-10-23(24)31(25)15-21-9-6-8-19(4)27-21/h5-10,17,20,22H,11-16,26H2,1-4H3,(H,28,29). The highest BCUT2D eigenvalue weighted by Crippen LogP contribution is 2.25. The fourth-order valence-corrected chi connectivity index (χ4v) is 4.36. The van der Waals surface area contributed by atoms with E-state index in [-0.39, 0.29) is 6.04 Å². The first-order valence-corrected chi connectivity index (χ1v) is 11.5. The molecule has 0 amide bonds. The summed E-state index contributed by atoms with van der Waals surface area (Å²) in [5, 5.41) is 3.76. The number of rotatable bonds is 7. The van der Waals surface area contributed by atoms with Crippen molar-refractivity contribution in [2.75, 3.05) is 25.0 Å². The van der Waals surface area contributed by atoms with Gasteiger partial charge in [-0.2, -0.15) is 0 Å². The largest absolute Gasteiger partial charge is 0.353 e. The molecule has 1 aliphatic heterocycles. The van der Waals surface area contributed by atoms with Gasteiger partial charge in [0.05, 0.1) is 23.3 Å². The Morgan fingerprint density at radius 2 is 1.81 bits per heavy atom. The number of hydrogen-bond donors (Lipinski definition) is 2. The fraction of sp³-hybridized carbons (Fsp3) is 0.520. The number of aryl methyl sites for hydroxylation is 2. The van der Waals surface area contributed by atoms with E-state index in [2.05, 4.69) is 65.9 Å². The van der Waals surface area contributed by atoms with Gasteiger partial charge < -0.3 is 20.5 Å². The van der Waals surface area contributed by atoms with Crippen LogP contribution in [0.3, 0.4) is 0 Å². The molecule has 31 heavy (non-hydrogen) atoms. The molecule has 3 heterocycles. The number of imidazole rings is 1. The van der Waals surface area contributed by atoms with Gasteiger partial charge in [-0.1, -0.05) is 32.0 Å². The van der Waals surface area contributed by atoms with Crippen molar-refractivity contribution >= 4 is 17.0 Å². The minimum atomic E-state index is 0.249. The summed E-state index contributed by atoms with van der Waals surface area (Å²) in [6.45, 7) is 12.4. The Morgan fingerprint density at radius 1 is 1.06 bits per heavy atom. The van der Waals surface area contributed by atoms with E-state index in [4.69, 9.17) is 15.7 Å². The molecule has 4 rings (SSSR count). The SMILES string of the molecule is Cc1cccc(Cn2c(NC3CCN(CC(N)C(C)C)CC3)nc3c(C)cccc32)n1. The number of aromatic nitrogens is 3. The Bertz CT molecular complexity index is 1020. The summed E-state index contributed by atoms with van der Waals surface area (Å²) in [5.41, 5.74) is 11.8. The molecule has 1 fully saturated rings. The summed E-state index contributed by atoms with van der Waals surface area (Å²) in [7, 11) is 0. The summed E-state index contributed by atoms with van der Waals surface area (Å²) < 4.78 is 2.28. The van der Waals surface area contributed by atoms with Crippen LogP contribution >= 0.6 is 0 Å². The number of anilines is 1. The molecule has 0 saturated carbocycles.